The van der Waals surface area contributed by atoms with Gasteiger partial charge in [-0.15, -0.1) is 0 Å². The topological polar surface area (TPSA) is 52.6 Å². The predicted molar refractivity (Wildman–Crippen MR) is 79.2 cm³/mol. The van der Waals surface area contributed by atoms with Gasteiger partial charge in [0.2, 0.25) is 0 Å². The predicted octanol–water partition coefficient (Wildman–Crippen LogP) is 3.50. The molecule has 20 heavy (non-hydrogen) atoms. The van der Waals surface area contributed by atoms with Crippen LogP contribution in [0.4, 0.5) is 0 Å². The van der Waals surface area contributed by atoms with Crippen molar-refractivity contribution in [2.24, 2.45) is 11.8 Å². The van der Waals surface area contributed by atoms with E-state index in [9.17, 15) is 9.59 Å². The van der Waals surface area contributed by atoms with Crippen LogP contribution in [0.25, 0.3) is 0 Å². The van der Waals surface area contributed by atoms with E-state index in [1.54, 1.807) is 26.0 Å². The van der Waals surface area contributed by atoms with E-state index in [0.29, 0.717) is 13.2 Å². The second-order valence-corrected chi connectivity index (χ2v) is 5.00. The van der Waals surface area contributed by atoms with Crippen molar-refractivity contribution in [3.8, 4) is 0 Å². The van der Waals surface area contributed by atoms with Crippen LogP contribution in [0, 0.1) is 11.8 Å². The van der Waals surface area contributed by atoms with Crippen LogP contribution in [0.5, 0.6) is 0 Å². The number of unbranched alkanes of at least 4 members (excludes halogenated alkanes) is 2. The van der Waals surface area contributed by atoms with Gasteiger partial charge in [-0.3, -0.25) is 9.59 Å². The molecule has 4 heteroatoms. The molecule has 4 nitrogen and oxygen atoms in total. The summed E-state index contributed by atoms with van der Waals surface area (Å²) in [5.74, 6) is -1.17. The molecule has 0 heterocycles. The number of hydrogen-bond donors (Lipinski definition) is 0. The summed E-state index contributed by atoms with van der Waals surface area (Å²) in [5.41, 5.74) is 0. The fraction of sp³-hybridized carbons (Fsp3) is 0.750. The Labute approximate surface area is 122 Å². The van der Waals surface area contributed by atoms with Crippen molar-refractivity contribution in [3.63, 3.8) is 0 Å². The van der Waals surface area contributed by atoms with Gasteiger partial charge in [-0.25, -0.2) is 0 Å². The Bertz CT molecular complexity index is 280. The molecular weight excluding hydrogens is 256 g/mol. The van der Waals surface area contributed by atoms with Crippen LogP contribution in [0.3, 0.4) is 0 Å². The average molecular weight is 284 g/mol. The highest BCUT2D eigenvalue weighted by atomic mass is 16.5. The second-order valence-electron chi connectivity index (χ2n) is 5.00. The Kier molecular flexibility index (Phi) is 10.7. The summed E-state index contributed by atoms with van der Waals surface area (Å²) >= 11 is 0. The lowest BCUT2D eigenvalue weighted by Crippen LogP contribution is -2.16. The average Bonchev–Trinajstić information content (AvgIpc) is 2.44. The number of carbonyl (C=O) groups excluding carboxylic acids is 2. The van der Waals surface area contributed by atoms with Gasteiger partial charge in [-0.05, 0) is 26.7 Å². The summed E-state index contributed by atoms with van der Waals surface area (Å²) in [5, 5.41) is 0. The maximum Gasteiger partial charge on any atom is 0.312 e. The lowest BCUT2D eigenvalue weighted by Gasteiger charge is -2.09. The van der Waals surface area contributed by atoms with Gasteiger partial charge in [0.15, 0.2) is 0 Å². The molecule has 0 aliphatic heterocycles. The molecule has 0 radical (unpaired) electrons. The van der Waals surface area contributed by atoms with Crippen molar-refractivity contribution < 1.29 is 19.1 Å². The minimum Gasteiger partial charge on any atom is -0.465 e. The molecule has 0 fully saturated rings. The van der Waals surface area contributed by atoms with E-state index in [4.69, 9.17) is 9.47 Å². The van der Waals surface area contributed by atoms with E-state index in [1.807, 2.05) is 13.8 Å². The lowest BCUT2D eigenvalue weighted by atomic mass is 10.1. The van der Waals surface area contributed by atoms with E-state index in [1.165, 1.54) is 0 Å². The summed E-state index contributed by atoms with van der Waals surface area (Å²) < 4.78 is 10.2. The minimum absolute atomic E-state index is 0.249. The first-order valence-corrected chi connectivity index (χ1v) is 7.54. The molecule has 0 aromatic heterocycles. The third-order valence-electron chi connectivity index (χ3n) is 2.92. The highest BCUT2D eigenvalue weighted by Gasteiger charge is 2.14. The van der Waals surface area contributed by atoms with E-state index in [0.717, 1.165) is 25.7 Å². The lowest BCUT2D eigenvalue weighted by molar-refractivity contribution is -0.147. The SMILES string of the molecule is CCCCOC(=O)C(C)C=CC(C)C(=O)OCCCC. The maximum atomic E-state index is 11.6. The van der Waals surface area contributed by atoms with Crippen LogP contribution < -0.4 is 0 Å². The fourth-order valence-electron chi connectivity index (χ4n) is 1.39. The van der Waals surface area contributed by atoms with Gasteiger partial charge in [0.25, 0.3) is 0 Å². The zero-order valence-corrected chi connectivity index (χ0v) is 13.2. The monoisotopic (exact) mass is 284 g/mol. The van der Waals surface area contributed by atoms with Gasteiger partial charge in [0, 0.05) is 0 Å². The normalized spacial score (nSPS) is 14.0. The van der Waals surface area contributed by atoms with E-state index in [2.05, 4.69) is 0 Å². The van der Waals surface area contributed by atoms with Gasteiger partial charge < -0.3 is 9.47 Å². The Morgan fingerprint density at radius 2 is 1.20 bits per heavy atom. The summed E-state index contributed by atoms with van der Waals surface area (Å²) in [6.07, 6.45) is 7.17. The van der Waals surface area contributed by atoms with Crippen LogP contribution in [-0.4, -0.2) is 25.2 Å². The fourth-order valence-corrected chi connectivity index (χ4v) is 1.39. The molecule has 0 saturated heterocycles. The maximum absolute atomic E-state index is 11.6. The van der Waals surface area contributed by atoms with Crippen molar-refractivity contribution in [1.82, 2.24) is 0 Å². The van der Waals surface area contributed by atoms with Gasteiger partial charge >= 0.3 is 11.9 Å². The summed E-state index contributed by atoms with van der Waals surface area (Å²) in [7, 11) is 0. The number of carbonyl (C=O) groups is 2. The standard InChI is InChI=1S/C16H28O4/c1-5-7-11-19-15(17)13(3)9-10-14(4)16(18)20-12-8-6-2/h9-10,13-14H,5-8,11-12H2,1-4H3. The zero-order valence-electron chi connectivity index (χ0n) is 13.2. The molecule has 0 aliphatic rings. The van der Waals surface area contributed by atoms with Crippen LogP contribution in [-0.2, 0) is 19.1 Å². The van der Waals surface area contributed by atoms with Crippen LogP contribution in [0.2, 0.25) is 0 Å². The first-order chi connectivity index (χ1) is 9.52. The van der Waals surface area contributed by atoms with E-state index in [-0.39, 0.29) is 23.8 Å². The Morgan fingerprint density at radius 3 is 1.50 bits per heavy atom. The number of hydrogen-bond acceptors (Lipinski definition) is 4. The summed E-state index contributed by atoms with van der Waals surface area (Å²) in [6.45, 7) is 8.54. The molecule has 0 aromatic carbocycles. The van der Waals surface area contributed by atoms with Crippen molar-refractivity contribution >= 4 is 11.9 Å². The number of esters is 2. The van der Waals surface area contributed by atoms with Crippen LogP contribution in [0.15, 0.2) is 12.2 Å². The highest BCUT2D eigenvalue weighted by molar-refractivity contribution is 5.76. The molecule has 0 rings (SSSR count). The summed E-state index contributed by atoms with van der Waals surface area (Å²) in [4.78, 5) is 23.2. The molecule has 0 amide bonds. The third-order valence-corrected chi connectivity index (χ3v) is 2.92. The van der Waals surface area contributed by atoms with Crippen molar-refractivity contribution in [1.29, 1.82) is 0 Å². The second kappa shape index (κ2) is 11.5. The molecule has 116 valence electrons. The highest BCUT2D eigenvalue weighted by Crippen LogP contribution is 2.07. The molecular formula is C16H28O4. The van der Waals surface area contributed by atoms with Gasteiger partial charge in [0.05, 0.1) is 25.0 Å². The molecule has 0 spiro atoms. The van der Waals surface area contributed by atoms with Crippen LogP contribution in [0.1, 0.15) is 53.4 Å². The Morgan fingerprint density at radius 1 is 0.850 bits per heavy atom. The van der Waals surface area contributed by atoms with E-state index < -0.39 is 0 Å². The molecule has 0 bridgehead atoms. The van der Waals surface area contributed by atoms with Gasteiger partial charge in [-0.2, -0.15) is 0 Å². The smallest absolute Gasteiger partial charge is 0.312 e. The summed E-state index contributed by atoms with van der Waals surface area (Å²) in [6, 6.07) is 0. The van der Waals surface area contributed by atoms with Crippen molar-refractivity contribution in [2.45, 2.75) is 53.4 Å². The Hall–Kier alpha value is -1.32. The Balaban J connectivity index is 4.05. The molecule has 0 N–H and O–H groups in total. The molecule has 0 saturated carbocycles. The third kappa shape index (κ3) is 8.73. The van der Waals surface area contributed by atoms with Crippen LogP contribution >= 0.6 is 0 Å². The largest absolute Gasteiger partial charge is 0.465 e. The van der Waals surface area contributed by atoms with Crippen molar-refractivity contribution in [3.05, 3.63) is 12.2 Å². The molecule has 0 aliphatic carbocycles. The molecule has 2 atom stereocenters. The number of rotatable bonds is 10. The first kappa shape index (κ1) is 18.7. The first-order valence-electron chi connectivity index (χ1n) is 7.54. The quantitative estimate of drug-likeness (QED) is 0.350. The van der Waals surface area contributed by atoms with E-state index >= 15 is 0 Å². The molecule has 2 unspecified atom stereocenters. The molecule has 0 aromatic rings. The minimum atomic E-state index is -0.335. The zero-order chi connectivity index (χ0) is 15.4. The van der Waals surface area contributed by atoms with Gasteiger partial charge in [-0.1, -0.05) is 38.8 Å². The van der Waals surface area contributed by atoms with Crippen molar-refractivity contribution in [2.75, 3.05) is 13.2 Å². The van der Waals surface area contributed by atoms with Gasteiger partial charge in [0.1, 0.15) is 0 Å². The number of ether oxygens (including phenoxy) is 2.